The average molecular weight is 423 g/mol. The number of carbonyl (C=O) groups is 3. The first kappa shape index (κ1) is 20.8. The van der Waals surface area contributed by atoms with E-state index in [4.69, 9.17) is 21.7 Å². The van der Waals surface area contributed by atoms with E-state index in [1.54, 1.807) is 24.3 Å². The van der Waals surface area contributed by atoms with Crippen molar-refractivity contribution in [1.29, 1.82) is 0 Å². The summed E-state index contributed by atoms with van der Waals surface area (Å²) in [6.07, 6.45) is 0.232. The molecule has 2 amide bonds. The van der Waals surface area contributed by atoms with E-state index in [-0.39, 0.29) is 30.4 Å². The summed E-state index contributed by atoms with van der Waals surface area (Å²) >= 11 is 6.78. The van der Waals surface area contributed by atoms with Gasteiger partial charge in [-0.2, -0.15) is 0 Å². The molecule has 0 aliphatic carbocycles. The van der Waals surface area contributed by atoms with Crippen LogP contribution < -0.4 is 9.64 Å². The van der Waals surface area contributed by atoms with Crippen LogP contribution in [-0.2, 0) is 19.1 Å². The Labute approximate surface area is 173 Å². The number of amides is 2. The fourth-order valence-corrected chi connectivity index (χ4v) is 4.79. The van der Waals surface area contributed by atoms with Gasteiger partial charge in [0.1, 0.15) is 15.3 Å². The Kier molecular flexibility index (Phi) is 6.36. The molecule has 0 aromatic heterocycles. The van der Waals surface area contributed by atoms with Crippen molar-refractivity contribution in [2.75, 3.05) is 18.0 Å². The molecular formula is C19H22N2O5S2. The fraction of sp³-hybridized carbons (Fsp3) is 0.474. The van der Waals surface area contributed by atoms with E-state index in [2.05, 4.69) is 0 Å². The Morgan fingerprint density at radius 2 is 1.79 bits per heavy atom. The molecule has 7 nitrogen and oxygen atoms in total. The maximum atomic E-state index is 12.8. The summed E-state index contributed by atoms with van der Waals surface area (Å²) in [7, 11) is 0. The summed E-state index contributed by atoms with van der Waals surface area (Å²) in [5.41, 5.74) is 0.452. The zero-order chi connectivity index (χ0) is 20.4. The number of rotatable bonds is 3. The SMILES string of the molecule is CC(=O)Oc1ccc(N2C(=O)C[C@H](SC(=S)N3C[C@@H](C)O[C@@H](C)C3)C2=O)cc1. The number of esters is 1. The quantitative estimate of drug-likeness (QED) is 0.318. The molecule has 0 bridgehead atoms. The van der Waals surface area contributed by atoms with E-state index in [9.17, 15) is 14.4 Å². The van der Waals surface area contributed by atoms with Crippen LogP contribution in [0.5, 0.6) is 5.75 Å². The van der Waals surface area contributed by atoms with E-state index in [0.717, 1.165) is 0 Å². The summed E-state index contributed by atoms with van der Waals surface area (Å²) < 4.78 is 11.3. The van der Waals surface area contributed by atoms with Gasteiger partial charge in [-0.05, 0) is 38.1 Å². The zero-order valence-electron chi connectivity index (χ0n) is 15.9. The Balaban J connectivity index is 1.66. The molecule has 2 aliphatic rings. The van der Waals surface area contributed by atoms with E-state index in [1.807, 2.05) is 18.7 Å². The van der Waals surface area contributed by atoms with Crippen molar-refractivity contribution in [3.05, 3.63) is 24.3 Å². The van der Waals surface area contributed by atoms with Gasteiger partial charge in [-0.25, -0.2) is 4.90 Å². The molecule has 0 N–H and O–H groups in total. The van der Waals surface area contributed by atoms with E-state index in [1.165, 1.54) is 23.6 Å². The number of carbonyl (C=O) groups excluding carboxylic acids is 3. The molecule has 28 heavy (non-hydrogen) atoms. The number of thiocarbonyl (C=S) groups is 1. The van der Waals surface area contributed by atoms with Gasteiger partial charge >= 0.3 is 5.97 Å². The number of ether oxygens (including phenoxy) is 2. The summed E-state index contributed by atoms with van der Waals surface area (Å²) in [5, 5.41) is -0.540. The Morgan fingerprint density at radius 1 is 1.18 bits per heavy atom. The lowest BCUT2D eigenvalue weighted by Crippen LogP contribution is -2.47. The molecule has 3 rings (SSSR count). The first-order valence-electron chi connectivity index (χ1n) is 9.01. The smallest absolute Gasteiger partial charge is 0.308 e. The number of morpholine rings is 1. The number of anilines is 1. The number of hydrogen-bond donors (Lipinski definition) is 0. The average Bonchev–Trinajstić information content (AvgIpc) is 2.88. The molecule has 0 saturated carbocycles. The molecule has 0 radical (unpaired) electrons. The van der Waals surface area contributed by atoms with Crippen LogP contribution >= 0.6 is 24.0 Å². The fourth-order valence-electron chi connectivity index (χ4n) is 3.32. The first-order valence-corrected chi connectivity index (χ1v) is 10.3. The largest absolute Gasteiger partial charge is 0.427 e. The van der Waals surface area contributed by atoms with Gasteiger partial charge in [0.05, 0.1) is 17.9 Å². The van der Waals surface area contributed by atoms with Crippen molar-refractivity contribution in [3.8, 4) is 5.75 Å². The highest BCUT2D eigenvalue weighted by Crippen LogP contribution is 2.32. The van der Waals surface area contributed by atoms with Crippen LogP contribution in [0, 0.1) is 0 Å². The highest BCUT2D eigenvalue weighted by atomic mass is 32.2. The number of nitrogens with zero attached hydrogens (tertiary/aromatic N) is 2. The molecule has 9 heteroatoms. The third-order valence-electron chi connectivity index (χ3n) is 4.38. The normalized spacial score (nSPS) is 25.2. The van der Waals surface area contributed by atoms with Crippen LogP contribution in [0.25, 0.3) is 0 Å². The van der Waals surface area contributed by atoms with Crippen LogP contribution in [0.4, 0.5) is 5.69 Å². The van der Waals surface area contributed by atoms with Crippen LogP contribution in [0.1, 0.15) is 27.2 Å². The second-order valence-corrected chi connectivity index (χ2v) is 8.73. The molecule has 0 spiro atoms. The maximum Gasteiger partial charge on any atom is 0.308 e. The van der Waals surface area contributed by atoms with Crippen LogP contribution in [0.15, 0.2) is 24.3 Å². The van der Waals surface area contributed by atoms with Gasteiger partial charge in [0.2, 0.25) is 11.8 Å². The Bertz CT molecular complexity index is 788. The van der Waals surface area contributed by atoms with Crippen molar-refractivity contribution in [2.24, 2.45) is 0 Å². The van der Waals surface area contributed by atoms with Gasteiger partial charge in [-0.15, -0.1) is 0 Å². The molecule has 1 aromatic carbocycles. The monoisotopic (exact) mass is 422 g/mol. The molecular weight excluding hydrogens is 400 g/mol. The molecule has 3 atom stereocenters. The summed E-state index contributed by atoms with van der Waals surface area (Å²) in [5.74, 6) is -0.628. The second-order valence-electron chi connectivity index (χ2n) is 6.89. The van der Waals surface area contributed by atoms with E-state index >= 15 is 0 Å². The lowest BCUT2D eigenvalue weighted by atomic mass is 10.2. The third-order valence-corrected chi connectivity index (χ3v) is 6.04. The predicted octanol–water partition coefficient (Wildman–Crippen LogP) is 2.37. The van der Waals surface area contributed by atoms with Crippen LogP contribution in [0.2, 0.25) is 0 Å². The first-order chi connectivity index (χ1) is 13.2. The molecule has 2 fully saturated rings. The Morgan fingerprint density at radius 3 is 2.36 bits per heavy atom. The maximum absolute atomic E-state index is 12.8. The van der Waals surface area contributed by atoms with Gasteiger partial charge in [0.15, 0.2) is 0 Å². The lowest BCUT2D eigenvalue weighted by Gasteiger charge is -2.36. The molecule has 1 aromatic rings. The highest BCUT2D eigenvalue weighted by molar-refractivity contribution is 8.23. The second kappa shape index (κ2) is 8.59. The third kappa shape index (κ3) is 4.71. The minimum Gasteiger partial charge on any atom is -0.427 e. The van der Waals surface area contributed by atoms with Crippen LogP contribution in [-0.4, -0.2) is 57.6 Å². The predicted molar refractivity (Wildman–Crippen MR) is 110 cm³/mol. The summed E-state index contributed by atoms with van der Waals surface area (Å²) in [6.45, 7) is 6.63. The van der Waals surface area contributed by atoms with Gasteiger partial charge < -0.3 is 14.4 Å². The number of benzene rings is 1. The van der Waals surface area contributed by atoms with Crippen LogP contribution in [0.3, 0.4) is 0 Å². The van der Waals surface area contributed by atoms with Gasteiger partial charge in [-0.3, -0.25) is 14.4 Å². The van der Waals surface area contributed by atoms with E-state index < -0.39 is 11.2 Å². The minimum atomic E-state index is -0.540. The molecule has 0 unspecified atom stereocenters. The molecule has 150 valence electrons. The van der Waals surface area contributed by atoms with E-state index in [0.29, 0.717) is 28.8 Å². The molecule has 2 aliphatic heterocycles. The van der Waals surface area contributed by atoms with Crippen molar-refractivity contribution in [1.82, 2.24) is 4.90 Å². The van der Waals surface area contributed by atoms with Gasteiger partial charge in [0, 0.05) is 26.4 Å². The summed E-state index contributed by atoms with van der Waals surface area (Å²) in [6, 6.07) is 6.29. The van der Waals surface area contributed by atoms with Gasteiger partial charge in [-0.1, -0.05) is 24.0 Å². The molecule has 2 saturated heterocycles. The number of hydrogen-bond acceptors (Lipinski definition) is 7. The lowest BCUT2D eigenvalue weighted by molar-refractivity contribution is -0.132. The number of thioether (sulfide) groups is 1. The number of imide groups is 1. The highest BCUT2D eigenvalue weighted by Gasteiger charge is 2.41. The van der Waals surface area contributed by atoms with Crippen molar-refractivity contribution >= 4 is 51.8 Å². The topological polar surface area (TPSA) is 76.2 Å². The van der Waals surface area contributed by atoms with Crippen molar-refractivity contribution in [2.45, 2.75) is 44.6 Å². The zero-order valence-corrected chi connectivity index (χ0v) is 17.5. The van der Waals surface area contributed by atoms with Crippen molar-refractivity contribution in [3.63, 3.8) is 0 Å². The summed E-state index contributed by atoms with van der Waals surface area (Å²) in [4.78, 5) is 39.5. The Hall–Kier alpha value is -1.97. The van der Waals surface area contributed by atoms with Gasteiger partial charge in [0.25, 0.3) is 0 Å². The van der Waals surface area contributed by atoms with Crippen molar-refractivity contribution < 1.29 is 23.9 Å². The molecule has 2 heterocycles. The standard InChI is InChI=1S/C19H22N2O5S2/c1-11-9-20(10-12(2)25-11)19(27)28-16-8-17(23)21(18(16)24)14-4-6-15(7-5-14)26-13(3)22/h4-7,11-12,16H,8-10H2,1-3H3/t11-,12+,16-/m0/s1. The minimum absolute atomic E-state index is 0.0652.